The first-order chi connectivity index (χ1) is 9.58. The lowest BCUT2D eigenvalue weighted by molar-refractivity contribution is 0.216. The third-order valence-electron chi connectivity index (χ3n) is 4.25. The Morgan fingerprint density at radius 1 is 1.00 bits per heavy atom. The van der Waals surface area contributed by atoms with Crippen LogP contribution < -0.4 is 5.32 Å². The fraction of sp³-hybridized carbons (Fsp3) is 1.00. The van der Waals surface area contributed by atoms with Gasteiger partial charge in [-0.3, -0.25) is 0 Å². The number of nitrogens with zero attached hydrogens (tertiary/aromatic N) is 2. The Morgan fingerprint density at radius 2 is 1.70 bits per heavy atom. The zero-order chi connectivity index (χ0) is 14.8. The Hall–Kier alpha value is -0.120. The Labute approximate surface area is 127 Å². The van der Waals surface area contributed by atoms with Gasteiger partial charge in [0.1, 0.15) is 0 Å². The first kappa shape index (κ1) is 17.9. The lowest BCUT2D eigenvalue weighted by Crippen LogP contribution is -2.39. The fourth-order valence-electron chi connectivity index (χ4n) is 3.09. The molecule has 1 aliphatic carbocycles. The van der Waals surface area contributed by atoms with E-state index in [4.69, 9.17) is 0 Å². The van der Waals surface area contributed by atoms with Crippen LogP contribution in [0.3, 0.4) is 0 Å². The molecule has 1 N–H and O–H groups in total. The second-order valence-electron chi connectivity index (χ2n) is 7.21. The zero-order valence-corrected chi connectivity index (χ0v) is 14.3. The van der Waals surface area contributed by atoms with E-state index in [0.717, 1.165) is 24.9 Å². The molecule has 0 amide bonds. The van der Waals surface area contributed by atoms with E-state index < -0.39 is 0 Å². The summed E-state index contributed by atoms with van der Waals surface area (Å²) in [5, 5.41) is 3.69. The van der Waals surface area contributed by atoms with Crippen LogP contribution in [0.2, 0.25) is 0 Å². The fourth-order valence-corrected chi connectivity index (χ4v) is 3.09. The van der Waals surface area contributed by atoms with Crippen LogP contribution in [0.1, 0.15) is 46.0 Å². The van der Waals surface area contributed by atoms with Gasteiger partial charge in [-0.05, 0) is 45.3 Å². The molecule has 1 rings (SSSR count). The summed E-state index contributed by atoms with van der Waals surface area (Å²) >= 11 is 0. The molecule has 0 aromatic carbocycles. The van der Waals surface area contributed by atoms with E-state index in [-0.39, 0.29) is 0 Å². The van der Waals surface area contributed by atoms with Crippen LogP contribution in [-0.2, 0) is 0 Å². The molecule has 1 aliphatic rings. The minimum absolute atomic E-state index is 0.760. The minimum atomic E-state index is 0.760. The predicted molar refractivity (Wildman–Crippen MR) is 89.3 cm³/mol. The molecule has 0 saturated heterocycles. The summed E-state index contributed by atoms with van der Waals surface area (Å²) in [5.74, 6) is 1.71. The number of likely N-dealkylation sites (N-methyl/N-ethyl adjacent to an activating group) is 1. The number of hydrogen-bond donors (Lipinski definition) is 1. The monoisotopic (exact) mass is 283 g/mol. The van der Waals surface area contributed by atoms with Crippen molar-refractivity contribution in [2.45, 2.75) is 46.0 Å². The number of nitrogens with one attached hydrogen (secondary N) is 1. The molecular formula is C17H37N3. The SMILES string of the molecule is CC(C)CN(CCNCC1CCCCC1)CCN(C)C. The van der Waals surface area contributed by atoms with E-state index in [9.17, 15) is 0 Å². The van der Waals surface area contributed by atoms with Gasteiger partial charge in [-0.1, -0.05) is 33.1 Å². The minimum Gasteiger partial charge on any atom is -0.315 e. The van der Waals surface area contributed by atoms with Crippen molar-refractivity contribution >= 4 is 0 Å². The van der Waals surface area contributed by atoms with E-state index >= 15 is 0 Å². The summed E-state index contributed by atoms with van der Waals surface area (Å²) in [7, 11) is 4.32. The van der Waals surface area contributed by atoms with Crippen molar-refractivity contribution in [2.75, 3.05) is 53.4 Å². The van der Waals surface area contributed by atoms with E-state index in [2.05, 4.69) is 43.1 Å². The van der Waals surface area contributed by atoms with Crippen LogP contribution in [0.15, 0.2) is 0 Å². The van der Waals surface area contributed by atoms with Crippen LogP contribution in [-0.4, -0.2) is 63.2 Å². The quantitative estimate of drug-likeness (QED) is 0.622. The highest BCUT2D eigenvalue weighted by atomic mass is 15.2. The van der Waals surface area contributed by atoms with Crippen LogP contribution >= 0.6 is 0 Å². The van der Waals surface area contributed by atoms with Crippen LogP contribution in [0.25, 0.3) is 0 Å². The average Bonchev–Trinajstić information content (AvgIpc) is 2.41. The van der Waals surface area contributed by atoms with Crippen molar-refractivity contribution in [3.63, 3.8) is 0 Å². The second-order valence-corrected chi connectivity index (χ2v) is 7.21. The standard InChI is InChI=1S/C17H37N3/c1-16(2)15-20(13-12-19(3)4)11-10-18-14-17-8-6-5-7-9-17/h16-18H,5-15H2,1-4H3. The van der Waals surface area contributed by atoms with Gasteiger partial charge < -0.3 is 15.1 Å². The van der Waals surface area contributed by atoms with Crippen molar-refractivity contribution in [1.29, 1.82) is 0 Å². The van der Waals surface area contributed by atoms with Gasteiger partial charge in [0, 0.05) is 32.7 Å². The largest absolute Gasteiger partial charge is 0.315 e. The van der Waals surface area contributed by atoms with Gasteiger partial charge in [0.05, 0.1) is 0 Å². The highest BCUT2D eigenvalue weighted by Crippen LogP contribution is 2.22. The predicted octanol–water partition coefficient (Wildman–Crippen LogP) is 2.68. The molecule has 3 heteroatoms. The smallest absolute Gasteiger partial charge is 0.0110 e. The first-order valence-corrected chi connectivity index (χ1v) is 8.65. The Kier molecular flexibility index (Phi) is 9.49. The maximum Gasteiger partial charge on any atom is 0.0110 e. The molecule has 0 heterocycles. The van der Waals surface area contributed by atoms with Crippen LogP contribution in [0.4, 0.5) is 0 Å². The summed E-state index contributed by atoms with van der Waals surface area (Å²) in [5.41, 5.74) is 0. The Morgan fingerprint density at radius 3 is 2.30 bits per heavy atom. The topological polar surface area (TPSA) is 18.5 Å². The molecule has 0 radical (unpaired) electrons. The Balaban J connectivity index is 2.12. The van der Waals surface area contributed by atoms with E-state index in [0.29, 0.717) is 0 Å². The van der Waals surface area contributed by atoms with E-state index in [1.165, 1.54) is 58.3 Å². The number of rotatable bonds is 10. The first-order valence-electron chi connectivity index (χ1n) is 8.65. The normalized spacial score (nSPS) is 17.6. The molecule has 1 fully saturated rings. The summed E-state index contributed by atoms with van der Waals surface area (Å²) in [6.07, 6.45) is 7.26. The second kappa shape index (κ2) is 10.6. The third-order valence-corrected chi connectivity index (χ3v) is 4.25. The van der Waals surface area contributed by atoms with Crippen LogP contribution in [0.5, 0.6) is 0 Å². The molecule has 120 valence electrons. The Bertz CT molecular complexity index is 222. The molecule has 0 aromatic rings. The van der Waals surface area contributed by atoms with Gasteiger partial charge in [0.25, 0.3) is 0 Å². The van der Waals surface area contributed by atoms with Gasteiger partial charge in [0.2, 0.25) is 0 Å². The van der Waals surface area contributed by atoms with Gasteiger partial charge in [-0.2, -0.15) is 0 Å². The molecular weight excluding hydrogens is 246 g/mol. The maximum atomic E-state index is 3.69. The highest BCUT2D eigenvalue weighted by molar-refractivity contribution is 4.69. The summed E-state index contributed by atoms with van der Waals surface area (Å²) in [6.45, 7) is 11.8. The van der Waals surface area contributed by atoms with Crippen molar-refractivity contribution in [3.8, 4) is 0 Å². The molecule has 0 unspecified atom stereocenters. The average molecular weight is 284 g/mol. The molecule has 0 spiro atoms. The summed E-state index contributed by atoms with van der Waals surface area (Å²) in [6, 6.07) is 0. The van der Waals surface area contributed by atoms with Crippen LogP contribution in [0, 0.1) is 11.8 Å². The van der Waals surface area contributed by atoms with Crippen molar-refractivity contribution in [1.82, 2.24) is 15.1 Å². The molecule has 20 heavy (non-hydrogen) atoms. The number of hydrogen-bond acceptors (Lipinski definition) is 3. The molecule has 0 aliphatic heterocycles. The molecule has 0 bridgehead atoms. The van der Waals surface area contributed by atoms with Gasteiger partial charge in [-0.15, -0.1) is 0 Å². The lowest BCUT2D eigenvalue weighted by atomic mass is 9.89. The van der Waals surface area contributed by atoms with Gasteiger partial charge >= 0.3 is 0 Å². The summed E-state index contributed by atoms with van der Waals surface area (Å²) < 4.78 is 0. The molecule has 3 nitrogen and oxygen atoms in total. The van der Waals surface area contributed by atoms with Gasteiger partial charge in [0.15, 0.2) is 0 Å². The summed E-state index contributed by atoms with van der Waals surface area (Å²) in [4.78, 5) is 4.89. The third kappa shape index (κ3) is 8.93. The molecule has 0 aromatic heterocycles. The van der Waals surface area contributed by atoms with E-state index in [1.807, 2.05) is 0 Å². The van der Waals surface area contributed by atoms with Crippen molar-refractivity contribution < 1.29 is 0 Å². The zero-order valence-electron chi connectivity index (χ0n) is 14.3. The lowest BCUT2D eigenvalue weighted by Gasteiger charge is -2.27. The van der Waals surface area contributed by atoms with Gasteiger partial charge in [-0.25, -0.2) is 0 Å². The molecule has 0 atom stereocenters. The van der Waals surface area contributed by atoms with Crippen molar-refractivity contribution in [3.05, 3.63) is 0 Å². The maximum absolute atomic E-state index is 3.69. The van der Waals surface area contributed by atoms with Crippen molar-refractivity contribution in [2.24, 2.45) is 11.8 Å². The molecule has 1 saturated carbocycles. The van der Waals surface area contributed by atoms with E-state index in [1.54, 1.807) is 0 Å². The highest BCUT2D eigenvalue weighted by Gasteiger charge is 2.13.